The number of benzene rings is 1. The molecule has 150 valence electrons. The summed E-state index contributed by atoms with van der Waals surface area (Å²) in [6.07, 6.45) is 1.28. The Hall–Kier alpha value is -2.65. The Morgan fingerprint density at radius 3 is 2.82 bits per heavy atom. The lowest BCUT2D eigenvalue weighted by Gasteiger charge is -2.12. The molecule has 0 unspecified atom stereocenters. The van der Waals surface area contributed by atoms with Gasteiger partial charge >= 0.3 is 11.9 Å². The summed E-state index contributed by atoms with van der Waals surface area (Å²) in [7, 11) is 0. The molecule has 0 radical (unpaired) electrons. The SMILES string of the molecule is CCOCCn1c(=NC(=O)C2=COCCO2)sc2cc(C(=O)OCC)ccc21. The van der Waals surface area contributed by atoms with Crippen LogP contribution in [-0.2, 0) is 30.3 Å². The maximum absolute atomic E-state index is 12.4. The van der Waals surface area contributed by atoms with Crippen LogP contribution < -0.4 is 4.80 Å². The van der Waals surface area contributed by atoms with E-state index in [1.807, 2.05) is 17.6 Å². The molecule has 1 aliphatic rings. The van der Waals surface area contributed by atoms with E-state index in [-0.39, 0.29) is 11.7 Å². The third kappa shape index (κ3) is 4.60. The van der Waals surface area contributed by atoms with Crippen molar-refractivity contribution in [3.63, 3.8) is 0 Å². The van der Waals surface area contributed by atoms with Crippen molar-refractivity contribution in [3.8, 4) is 0 Å². The molecule has 2 aromatic rings. The molecule has 0 saturated carbocycles. The summed E-state index contributed by atoms with van der Waals surface area (Å²) in [6.45, 7) is 6.31. The molecule has 0 fully saturated rings. The summed E-state index contributed by atoms with van der Waals surface area (Å²) < 4.78 is 23.7. The quantitative estimate of drug-likeness (QED) is 0.518. The molecular weight excluding hydrogens is 384 g/mol. The first-order valence-electron chi connectivity index (χ1n) is 9.06. The van der Waals surface area contributed by atoms with Crippen LogP contribution in [0.25, 0.3) is 10.2 Å². The number of rotatable bonds is 7. The van der Waals surface area contributed by atoms with Crippen LogP contribution in [0.4, 0.5) is 0 Å². The van der Waals surface area contributed by atoms with Crippen LogP contribution in [-0.4, -0.2) is 49.5 Å². The molecule has 1 aromatic heterocycles. The third-order valence-corrected chi connectivity index (χ3v) is 4.96. The largest absolute Gasteiger partial charge is 0.494 e. The molecule has 0 spiro atoms. The average molecular weight is 406 g/mol. The Kier molecular flexibility index (Phi) is 6.83. The van der Waals surface area contributed by atoms with E-state index in [1.54, 1.807) is 19.1 Å². The number of fused-ring (bicyclic) bond motifs is 1. The predicted octanol–water partition coefficient (Wildman–Crippen LogP) is 2.23. The highest BCUT2D eigenvalue weighted by Crippen LogP contribution is 2.20. The number of hydrogen-bond acceptors (Lipinski definition) is 7. The number of esters is 1. The number of carbonyl (C=O) groups excluding carboxylic acids is 2. The second-order valence-electron chi connectivity index (χ2n) is 5.75. The van der Waals surface area contributed by atoms with Crippen LogP contribution >= 0.6 is 11.3 Å². The predicted molar refractivity (Wildman–Crippen MR) is 103 cm³/mol. The Labute approximate surface area is 166 Å². The van der Waals surface area contributed by atoms with Gasteiger partial charge in [0.15, 0.2) is 4.80 Å². The van der Waals surface area contributed by atoms with Gasteiger partial charge in [0.2, 0.25) is 5.76 Å². The molecule has 1 aromatic carbocycles. The van der Waals surface area contributed by atoms with Gasteiger partial charge < -0.3 is 23.5 Å². The second kappa shape index (κ2) is 9.52. The van der Waals surface area contributed by atoms with Crippen molar-refractivity contribution < 1.29 is 28.5 Å². The van der Waals surface area contributed by atoms with Crippen molar-refractivity contribution in [1.82, 2.24) is 4.57 Å². The van der Waals surface area contributed by atoms with Gasteiger partial charge in [-0.2, -0.15) is 4.99 Å². The molecule has 2 heterocycles. The van der Waals surface area contributed by atoms with Crippen molar-refractivity contribution in [2.45, 2.75) is 20.4 Å². The van der Waals surface area contributed by atoms with Crippen molar-refractivity contribution in [2.75, 3.05) is 33.0 Å². The maximum atomic E-state index is 12.4. The summed E-state index contributed by atoms with van der Waals surface area (Å²) in [6, 6.07) is 5.28. The smallest absolute Gasteiger partial charge is 0.338 e. The first-order valence-corrected chi connectivity index (χ1v) is 9.87. The molecule has 3 rings (SSSR count). The minimum absolute atomic E-state index is 0.0762. The lowest BCUT2D eigenvalue weighted by atomic mass is 10.2. The number of amides is 1. The highest BCUT2D eigenvalue weighted by molar-refractivity contribution is 7.16. The van der Waals surface area contributed by atoms with E-state index in [1.165, 1.54) is 17.6 Å². The van der Waals surface area contributed by atoms with E-state index in [9.17, 15) is 9.59 Å². The molecule has 0 aliphatic carbocycles. The second-order valence-corrected chi connectivity index (χ2v) is 6.76. The normalized spacial score (nSPS) is 14.4. The van der Waals surface area contributed by atoms with Crippen molar-refractivity contribution in [2.24, 2.45) is 4.99 Å². The minimum Gasteiger partial charge on any atom is -0.494 e. The van der Waals surface area contributed by atoms with Crippen molar-refractivity contribution in [1.29, 1.82) is 0 Å². The highest BCUT2D eigenvalue weighted by atomic mass is 32.1. The lowest BCUT2D eigenvalue weighted by Crippen LogP contribution is -2.21. The van der Waals surface area contributed by atoms with Crippen LogP contribution in [0.5, 0.6) is 0 Å². The fourth-order valence-corrected chi connectivity index (χ4v) is 3.73. The summed E-state index contributed by atoms with van der Waals surface area (Å²) in [5.41, 5.74) is 1.32. The monoisotopic (exact) mass is 406 g/mol. The van der Waals surface area contributed by atoms with Gasteiger partial charge in [-0.1, -0.05) is 11.3 Å². The van der Waals surface area contributed by atoms with Crippen molar-refractivity contribution in [3.05, 3.63) is 40.6 Å². The van der Waals surface area contributed by atoms with Crippen LogP contribution in [0, 0.1) is 0 Å². The molecular formula is C19H22N2O6S. The van der Waals surface area contributed by atoms with Gasteiger partial charge in [0, 0.05) is 13.2 Å². The Balaban J connectivity index is 2.01. The van der Waals surface area contributed by atoms with Gasteiger partial charge in [-0.15, -0.1) is 0 Å². The molecule has 0 atom stereocenters. The van der Waals surface area contributed by atoms with E-state index < -0.39 is 5.91 Å². The minimum atomic E-state index is -0.512. The molecule has 0 N–H and O–H groups in total. The Morgan fingerprint density at radius 1 is 1.25 bits per heavy atom. The van der Waals surface area contributed by atoms with Crippen molar-refractivity contribution >= 4 is 33.4 Å². The Morgan fingerprint density at radius 2 is 2.11 bits per heavy atom. The van der Waals surface area contributed by atoms with E-state index >= 15 is 0 Å². The van der Waals surface area contributed by atoms with Gasteiger partial charge in [0.05, 0.1) is 29.0 Å². The number of thiazole rings is 1. The molecule has 1 aliphatic heterocycles. The molecule has 28 heavy (non-hydrogen) atoms. The van der Waals surface area contributed by atoms with Crippen LogP contribution in [0.3, 0.4) is 0 Å². The van der Waals surface area contributed by atoms with Crippen LogP contribution in [0.1, 0.15) is 24.2 Å². The molecule has 9 heteroatoms. The van der Waals surface area contributed by atoms with Gasteiger partial charge in [-0.3, -0.25) is 4.79 Å². The highest BCUT2D eigenvalue weighted by Gasteiger charge is 2.16. The molecule has 0 bridgehead atoms. The summed E-state index contributed by atoms with van der Waals surface area (Å²) in [4.78, 5) is 29.2. The standard InChI is InChI=1S/C19H22N2O6S/c1-3-24-8-7-21-14-6-5-13(18(23)26-4-2)11-16(14)28-19(21)20-17(22)15-12-25-9-10-27-15/h5-6,11-12H,3-4,7-10H2,1-2H3. The summed E-state index contributed by atoms with van der Waals surface area (Å²) >= 11 is 1.31. The van der Waals surface area contributed by atoms with E-state index in [0.717, 1.165) is 10.2 Å². The fourth-order valence-electron chi connectivity index (χ4n) is 2.64. The van der Waals surface area contributed by atoms with E-state index in [4.69, 9.17) is 18.9 Å². The third-order valence-electron chi connectivity index (χ3n) is 3.91. The van der Waals surface area contributed by atoms with Gasteiger partial charge in [0.1, 0.15) is 19.5 Å². The van der Waals surface area contributed by atoms with E-state index in [0.29, 0.717) is 49.9 Å². The lowest BCUT2D eigenvalue weighted by molar-refractivity contribution is -0.119. The molecule has 1 amide bonds. The summed E-state index contributed by atoms with van der Waals surface area (Å²) in [5, 5.41) is 0. The van der Waals surface area contributed by atoms with Gasteiger partial charge in [-0.25, -0.2) is 4.79 Å². The Bertz CT molecular complexity index is 959. The summed E-state index contributed by atoms with van der Waals surface area (Å²) in [5.74, 6) is -0.819. The molecule has 0 saturated heterocycles. The number of nitrogens with zero attached hydrogens (tertiary/aromatic N) is 2. The first kappa shape index (κ1) is 20.1. The van der Waals surface area contributed by atoms with Crippen LogP contribution in [0.2, 0.25) is 0 Å². The zero-order valence-corrected chi connectivity index (χ0v) is 16.6. The average Bonchev–Trinajstić information content (AvgIpc) is 3.05. The zero-order valence-electron chi connectivity index (χ0n) is 15.8. The number of carbonyl (C=O) groups is 2. The van der Waals surface area contributed by atoms with Gasteiger partial charge in [-0.05, 0) is 32.0 Å². The topological polar surface area (TPSA) is 88.4 Å². The number of hydrogen-bond donors (Lipinski definition) is 0. The fraction of sp³-hybridized carbons (Fsp3) is 0.421. The zero-order chi connectivity index (χ0) is 19.9. The van der Waals surface area contributed by atoms with Gasteiger partial charge in [0.25, 0.3) is 0 Å². The van der Waals surface area contributed by atoms with Crippen LogP contribution in [0.15, 0.2) is 35.2 Å². The number of aromatic nitrogens is 1. The molecule has 8 nitrogen and oxygen atoms in total. The number of ether oxygens (including phenoxy) is 4. The maximum Gasteiger partial charge on any atom is 0.338 e. The first-order chi connectivity index (χ1) is 13.6. The van der Waals surface area contributed by atoms with E-state index in [2.05, 4.69) is 4.99 Å².